The number of pyridine rings is 1. The van der Waals surface area contributed by atoms with Gasteiger partial charge in [-0.15, -0.1) is 0 Å². The second-order valence-corrected chi connectivity index (χ2v) is 10.5. The van der Waals surface area contributed by atoms with Gasteiger partial charge < -0.3 is 19.9 Å². The molecule has 0 saturated carbocycles. The van der Waals surface area contributed by atoms with Gasteiger partial charge in [-0.2, -0.15) is 0 Å². The van der Waals surface area contributed by atoms with Crippen LogP contribution in [0.4, 0.5) is 5.82 Å². The fraction of sp³-hybridized carbons (Fsp3) is 0.586. The molecule has 1 aromatic carbocycles. The lowest BCUT2D eigenvalue weighted by molar-refractivity contribution is -0.143. The summed E-state index contributed by atoms with van der Waals surface area (Å²) in [6, 6.07) is 8.83. The van der Waals surface area contributed by atoms with Crippen LogP contribution >= 0.6 is 11.6 Å². The second kappa shape index (κ2) is 14.0. The van der Waals surface area contributed by atoms with Gasteiger partial charge in [-0.1, -0.05) is 37.4 Å². The molecule has 2 aliphatic rings. The predicted octanol–water partition coefficient (Wildman–Crippen LogP) is 5.90. The Kier molecular flexibility index (Phi) is 10.5. The zero-order valence-corrected chi connectivity index (χ0v) is 22.6. The van der Waals surface area contributed by atoms with E-state index in [0.29, 0.717) is 42.6 Å². The van der Waals surface area contributed by atoms with Crippen molar-refractivity contribution in [3.8, 4) is 5.75 Å². The minimum Gasteiger partial charge on any atom is -0.493 e. The number of aliphatic carboxylic acids is 1. The van der Waals surface area contributed by atoms with Crippen LogP contribution in [0.15, 0.2) is 30.3 Å². The normalized spacial score (nSPS) is 18.3. The van der Waals surface area contributed by atoms with Gasteiger partial charge in [-0.25, -0.2) is 4.98 Å². The number of nitrogens with one attached hydrogen (secondary N) is 1. The maximum Gasteiger partial charge on any atom is 0.325 e. The highest BCUT2D eigenvalue weighted by Crippen LogP contribution is 2.35. The summed E-state index contributed by atoms with van der Waals surface area (Å²) in [5, 5.41) is 14.0. The van der Waals surface area contributed by atoms with E-state index in [1.54, 1.807) is 18.2 Å². The summed E-state index contributed by atoms with van der Waals surface area (Å²) < 4.78 is 12.1. The number of likely N-dealkylation sites (tertiary alicyclic amines) is 1. The molecule has 1 saturated heterocycles. The van der Waals surface area contributed by atoms with E-state index in [2.05, 4.69) is 24.4 Å². The van der Waals surface area contributed by atoms with Crippen molar-refractivity contribution in [1.29, 1.82) is 0 Å². The lowest BCUT2D eigenvalue weighted by atomic mass is 10.0. The fourth-order valence-electron chi connectivity index (χ4n) is 5.14. The molecule has 1 aromatic heterocycles. The molecule has 37 heavy (non-hydrogen) atoms. The zero-order valence-electron chi connectivity index (χ0n) is 21.9. The summed E-state index contributed by atoms with van der Waals surface area (Å²) >= 11 is 6.24. The lowest BCUT2D eigenvalue weighted by Crippen LogP contribution is -2.34. The topological polar surface area (TPSA) is 83.9 Å². The minimum absolute atomic E-state index is 0.0406. The SMILES string of the molecule is CCCCOc1ccc(Cl)cc1C(C(=O)O)N1CCC(OCCCCCc2ccc3c(n2)NCCC3)C1. The molecule has 3 heterocycles. The van der Waals surface area contributed by atoms with Crippen LogP contribution in [0.25, 0.3) is 0 Å². The highest BCUT2D eigenvalue weighted by molar-refractivity contribution is 6.30. The predicted molar refractivity (Wildman–Crippen MR) is 147 cm³/mol. The van der Waals surface area contributed by atoms with E-state index in [9.17, 15) is 9.90 Å². The summed E-state index contributed by atoms with van der Waals surface area (Å²) in [5.41, 5.74) is 3.09. The molecule has 0 radical (unpaired) electrons. The number of hydrogen-bond donors (Lipinski definition) is 2. The standard InChI is InChI=1S/C29H40ClN3O4/c1-2-3-17-37-26-13-11-22(30)19-25(26)27(29(34)35)33-16-14-24(20-33)36-18-6-4-5-9-23-12-10-21-8-7-15-31-28(21)32-23/h10-13,19,24,27H,2-9,14-18,20H2,1H3,(H,31,32)(H,34,35). The average molecular weight is 530 g/mol. The molecular weight excluding hydrogens is 490 g/mol. The molecule has 1 fully saturated rings. The molecule has 0 aliphatic carbocycles. The Bertz CT molecular complexity index is 1030. The Hall–Kier alpha value is -2.35. The minimum atomic E-state index is -0.894. The molecule has 2 N–H and O–H groups in total. The Morgan fingerprint density at radius 1 is 1.22 bits per heavy atom. The van der Waals surface area contributed by atoms with Crippen LogP contribution in [-0.2, 0) is 22.4 Å². The highest BCUT2D eigenvalue weighted by atomic mass is 35.5. The molecule has 2 unspecified atom stereocenters. The first-order chi connectivity index (χ1) is 18.0. The number of aryl methyl sites for hydroxylation is 2. The largest absolute Gasteiger partial charge is 0.493 e. The van der Waals surface area contributed by atoms with E-state index in [1.807, 2.05) is 4.90 Å². The number of carbonyl (C=O) groups is 1. The molecule has 0 spiro atoms. The van der Waals surface area contributed by atoms with Gasteiger partial charge in [-0.05, 0) is 74.8 Å². The molecule has 202 valence electrons. The van der Waals surface area contributed by atoms with E-state index in [-0.39, 0.29) is 6.10 Å². The van der Waals surface area contributed by atoms with Gasteiger partial charge in [0.15, 0.2) is 0 Å². The van der Waals surface area contributed by atoms with Crippen molar-refractivity contribution in [1.82, 2.24) is 9.88 Å². The van der Waals surface area contributed by atoms with Gasteiger partial charge in [0.05, 0.1) is 12.7 Å². The number of carboxylic acids is 1. The number of nitrogens with zero attached hydrogens (tertiary/aromatic N) is 2. The smallest absolute Gasteiger partial charge is 0.325 e. The van der Waals surface area contributed by atoms with Crippen LogP contribution < -0.4 is 10.1 Å². The number of fused-ring (bicyclic) bond motifs is 1. The molecule has 4 rings (SSSR count). The van der Waals surface area contributed by atoms with E-state index >= 15 is 0 Å². The number of carboxylic acid groups (broad SMARTS) is 1. The third-order valence-corrected chi connectivity index (χ3v) is 7.42. The van der Waals surface area contributed by atoms with Crippen LogP contribution in [0.2, 0.25) is 5.02 Å². The number of unbranched alkanes of at least 4 members (excludes halogenated alkanes) is 3. The first kappa shape index (κ1) is 27.7. The first-order valence-electron chi connectivity index (χ1n) is 13.8. The molecule has 2 atom stereocenters. The summed E-state index contributed by atoms with van der Waals surface area (Å²) in [6.45, 7) is 5.62. The molecule has 2 aromatic rings. The highest BCUT2D eigenvalue weighted by Gasteiger charge is 2.35. The summed E-state index contributed by atoms with van der Waals surface area (Å²) in [7, 11) is 0. The van der Waals surface area contributed by atoms with Crippen LogP contribution in [0.1, 0.15) is 74.7 Å². The number of benzene rings is 1. The summed E-state index contributed by atoms with van der Waals surface area (Å²) in [4.78, 5) is 19.1. The first-order valence-corrected chi connectivity index (χ1v) is 14.2. The van der Waals surface area contributed by atoms with Crippen molar-refractivity contribution in [2.75, 3.05) is 38.2 Å². The second-order valence-electron chi connectivity index (χ2n) is 10.1. The van der Waals surface area contributed by atoms with Gasteiger partial charge >= 0.3 is 5.97 Å². The quantitative estimate of drug-likeness (QED) is 0.295. The van der Waals surface area contributed by atoms with E-state index in [0.717, 1.165) is 69.4 Å². The summed E-state index contributed by atoms with van der Waals surface area (Å²) in [5.74, 6) is 0.767. The monoisotopic (exact) mass is 529 g/mol. The Morgan fingerprint density at radius 2 is 2.11 bits per heavy atom. The Morgan fingerprint density at radius 3 is 2.95 bits per heavy atom. The molecule has 8 heteroatoms. The number of ether oxygens (including phenoxy) is 2. The van der Waals surface area contributed by atoms with Crippen molar-refractivity contribution in [3.05, 3.63) is 52.2 Å². The lowest BCUT2D eigenvalue weighted by Gasteiger charge is -2.26. The zero-order chi connectivity index (χ0) is 26.0. The van der Waals surface area contributed by atoms with Gasteiger partial charge in [-0.3, -0.25) is 9.69 Å². The third-order valence-electron chi connectivity index (χ3n) is 7.18. The Labute approximate surface area is 225 Å². The van der Waals surface area contributed by atoms with E-state index in [4.69, 9.17) is 26.1 Å². The van der Waals surface area contributed by atoms with Crippen LogP contribution in [0.5, 0.6) is 5.75 Å². The van der Waals surface area contributed by atoms with Gasteiger partial charge in [0.25, 0.3) is 0 Å². The molecule has 7 nitrogen and oxygen atoms in total. The third kappa shape index (κ3) is 7.82. The van der Waals surface area contributed by atoms with E-state index in [1.165, 1.54) is 12.0 Å². The number of rotatable bonds is 14. The van der Waals surface area contributed by atoms with Gasteiger partial charge in [0, 0.05) is 42.5 Å². The number of anilines is 1. The van der Waals surface area contributed by atoms with Crippen LogP contribution in [-0.4, -0.2) is 59.9 Å². The molecular formula is C29H40ClN3O4. The molecule has 0 bridgehead atoms. The van der Waals surface area contributed by atoms with Gasteiger partial charge in [0.1, 0.15) is 17.6 Å². The number of hydrogen-bond acceptors (Lipinski definition) is 6. The fourth-order valence-corrected chi connectivity index (χ4v) is 5.32. The molecule has 2 aliphatic heterocycles. The van der Waals surface area contributed by atoms with Crippen molar-refractivity contribution >= 4 is 23.4 Å². The van der Waals surface area contributed by atoms with Crippen molar-refractivity contribution in [3.63, 3.8) is 0 Å². The summed E-state index contributed by atoms with van der Waals surface area (Å²) in [6.07, 6.45) is 9.23. The average Bonchev–Trinajstić information content (AvgIpc) is 3.35. The molecule has 0 amide bonds. The number of aromatic nitrogens is 1. The maximum atomic E-state index is 12.3. The van der Waals surface area contributed by atoms with Crippen molar-refractivity contribution in [2.24, 2.45) is 0 Å². The van der Waals surface area contributed by atoms with E-state index < -0.39 is 12.0 Å². The van der Waals surface area contributed by atoms with Crippen molar-refractivity contribution < 1.29 is 19.4 Å². The maximum absolute atomic E-state index is 12.3. The Balaban J connectivity index is 1.22. The van der Waals surface area contributed by atoms with Crippen molar-refractivity contribution in [2.45, 2.75) is 76.9 Å². The van der Waals surface area contributed by atoms with Crippen LogP contribution in [0.3, 0.4) is 0 Å². The van der Waals surface area contributed by atoms with Crippen LogP contribution in [0, 0.1) is 0 Å². The number of halogens is 1. The van der Waals surface area contributed by atoms with Gasteiger partial charge in [0.2, 0.25) is 0 Å².